The predicted octanol–water partition coefficient (Wildman–Crippen LogP) is 3.06. The van der Waals surface area contributed by atoms with E-state index in [9.17, 15) is 0 Å². The van der Waals surface area contributed by atoms with E-state index in [1.807, 2.05) is 0 Å². The summed E-state index contributed by atoms with van der Waals surface area (Å²) in [5.74, 6) is 0.216. The maximum absolute atomic E-state index is 7.96. The van der Waals surface area contributed by atoms with E-state index in [4.69, 9.17) is 21.6 Å². The summed E-state index contributed by atoms with van der Waals surface area (Å²) >= 11 is 0. The first kappa shape index (κ1) is 12.7. The van der Waals surface area contributed by atoms with E-state index in [0.717, 1.165) is 31.9 Å². The molecule has 4 N–H and O–H groups in total. The molecule has 0 aromatic rings. The largest absolute Gasteiger partial charge is 0.307 e. The molecule has 16 heavy (non-hydrogen) atoms. The molecule has 0 heterocycles. The molecular formula is C12H20N4. The summed E-state index contributed by atoms with van der Waals surface area (Å²) in [7, 11) is 0. The van der Waals surface area contributed by atoms with Gasteiger partial charge < -0.3 is 21.6 Å². The predicted molar refractivity (Wildman–Crippen MR) is 67.8 cm³/mol. The van der Waals surface area contributed by atoms with Gasteiger partial charge in [-0.1, -0.05) is 25.7 Å². The van der Waals surface area contributed by atoms with E-state index in [2.05, 4.69) is 0 Å². The molecule has 0 aliphatic heterocycles. The van der Waals surface area contributed by atoms with Gasteiger partial charge in [-0.2, -0.15) is 0 Å². The molecule has 0 saturated heterocycles. The molecular weight excluding hydrogens is 200 g/mol. The molecule has 4 heteroatoms. The van der Waals surface area contributed by atoms with Crippen molar-refractivity contribution in [1.29, 1.82) is 21.6 Å². The van der Waals surface area contributed by atoms with E-state index >= 15 is 0 Å². The van der Waals surface area contributed by atoms with Gasteiger partial charge in [0.05, 0.1) is 17.1 Å². The molecule has 0 unspecified atom stereocenters. The second-order valence-electron chi connectivity index (χ2n) is 4.43. The number of hydrogen-bond acceptors (Lipinski definition) is 4. The maximum Gasteiger partial charge on any atom is 0.0584 e. The molecule has 1 fully saturated rings. The summed E-state index contributed by atoms with van der Waals surface area (Å²) < 4.78 is 0. The van der Waals surface area contributed by atoms with Gasteiger partial charge in [-0.05, 0) is 12.8 Å². The van der Waals surface area contributed by atoms with Crippen LogP contribution in [-0.2, 0) is 0 Å². The van der Waals surface area contributed by atoms with Crippen LogP contribution in [0.25, 0.3) is 0 Å². The van der Waals surface area contributed by atoms with Gasteiger partial charge in [0.25, 0.3) is 0 Å². The van der Waals surface area contributed by atoms with Crippen LogP contribution in [0.15, 0.2) is 0 Å². The molecule has 1 saturated carbocycles. The lowest BCUT2D eigenvalue weighted by molar-refractivity contribution is 0.593. The molecule has 0 bridgehead atoms. The first-order chi connectivity index (χ1) is 7.65. The highest BCUT2D eigenvalue weighted by molar-refractivity contribution is 6.47. The lowest BCUT2D eigenvalue weighted by atomic mass is 9.90. The highest BCUT2D eigenvalue weighted by Gasteiger charge is 2.20. The van der Waals surface area contributed by atoms with Crippen molar-refractivity contribution < 1.29 is 0 Å². The molecule has 0 atom stereocenters. The van der Waals surface area contributed by atoms with Gasteiger partial charge in [0.1, 0.15) is 0 Å². The highest BCUT2D eigenvalue weighted by atomic mass is 14.6. The van der Waals surface area contributed by atoms with Gasteiger partial charge in [-0.3, -0.25) is 0 Å². The van der Waals surface area contributed by atoms with E-state index < -0.39 is 0 Å². The monoisotopic (exact) mass is 220 g/mol. The Morgan fingerprint density at radius 2 is 1.56 bits per heavy atom. The van der Waals surface area contributed by atoms with Crippen molar-refractivity contribution in [3.8, 4) is 0 Å². The second kappa shape index (κ2) is 6.30. The summed E-state index contributed by atoms with van der Waals surface area (Å²) in [6, 6.07) is 0. The number of nitrogens with one attached hydrogen (secondary N) is 4. The minimum absolute atomic E-state index is 0.114. The molecule has 0 aromatic heterocycles. The molecule has 88 valence electrons. The fraction of sp³-hybridized carbons (Fsp3) is 0.667. The van der Waals surface area contributed by atoms with Crippen LogP contribution in [0.3, 0.4) is 0 Å². The molecule has 0 aromatic carbocycles. The zero-order valence-corrected chi connectivity index (χ0v) is 9.60. The molecule has 4 nitrogen and oxygen atoms in total. The molecule has 0 amide bonds. The molecule has 1 aliphatic rings. The topological polar surface area (TPSA) is 95.4 Å². The van der Waals surface area contributed by atoms with Crippen LogP contribution in [0, 0.1) is 27.6 Å². The van der Waals surface area contributed by atoms with Crippen molar-refractivity contribution in [2.24, 2.45) is 5.92 Å². The van der Waals surface area contributed by atoms with Gasteiger partial charge in [-0.25, -0.2) is 0 Å². The van der Waals surface area contributed by atoms with Gasteiger partial charge in [-0.15, -0.1) is 0 Å². The fourth-order valence-corrected chi connectivity index (χ4v) is 2.15. The van der Waals surface area contributed by atoms with E-state index in [-0.39, 0.29) is 23.8 Å². The van der Waals surface area contributed by atoms with E-state index in [0.29, 0.717) is 5.71 Å². The lowest BCUT2D eigenvalue weighted by Crippen LogP contribution is -2.24. The third kappa shape index (κ3) is 3.68. The van der Waals surface area contributed by atoms with Gasteiger partial charge in [0.15, 0.2) is 0 Å². The molecule has 0 radical (unpaired) electrons. The third-order valence-corrected chi connectivity index (χ3v) is 3.13. The summed E-state index contributed by atoms with van der Waals surface area (Å²) in [5.41, 5.74) is 0.734. The van der Waals surface area contributed by atoms with Crippen LogP contribution in [0.2, 0.25) is 0 Å². The average molecular weight is 220 g/mol. The lowest BCUT2D eigenvalue weighted by Gasteiger charge is -2.15. The standard InChI is InChI=1S/C12H20N4/c13-8-10(14)7-11(15)12(16)9-5-3-1-2-4-6-9/h8-9,13-16H,1-7H2. The Labute approximate surface area is 96.5 Å². The van der Waals surface area contributed by atoms with Crippen molar-refractivity contribution >= 4 is 23.3 Å². The third-order valence-electron chi connectivity index (χ3n) is 3.13. The van der Waals surface area contributed by atoms with Crippen LogP contribution in [0.5, 0.6) is 0 Å². The molecule has 0 spiro atoms. The van der Waals surface area contributed by atoms with E-state index in [1.165, 1.54) is 12.8 Å². The fourth-order valence-electron chi connectivity index (χ4n) is 2.15. The number of rotatable bonds is 5. The Morgan fingerprint density at radius 3 is 2.06 bits per heavy atom. The minimum Gasteiger partial charge on any atom is -0.307 e. The van der Waals surface area contributed by atoms with Crippen molar-refractivity contribution in [3.05, 3.63) is 0 Å². The second-order valence-corrected chi connectivity index (χ2v) is 4.43. The summed E-state index contributed by atoms with van der Waals surface area (Å²) in [4.78, 5) is 0. The first-order valence-corrected chi connectivity index (χ1v) is 5.89. The van der Waals surface area contributed by atoms with E-state index in [1.54, 1.807) is 0 Å². The van der Waals surface area contributed by atoms with Crippen molar-refractivity contribution in [2.75, 3.05) is 0 Å². The quantitative estimate of drug-likeness (QED) is 0.405. The maximum atomic E-state index is 7.96. The average Bonchev–Trinajstić information content (AvgIpc) is 2.56. The Kier molecular flexibility index (Phi) is 5.02. The minimum atomic E-state index is 0.114. The normalized spacial score (nSPS) is 17.5. The summed E-state index contributed by atoms with van der Waals surface area (Å²) in [5, 5.41) is 30.0. The number of hydrogen-bond donors (Lipinski definition) is 4. The Hall–Kier alpha value is -1.32. The summed E-state index contributed by atoms with van der Waals surface area (Å²) in [6.45, 7) is 0. The molecule has 1 rings (SSSR count). The Bertz CT molecular complexity index is 298. The Balaban J connectivity index is 2.51. The smallest absolute Gasteiger partial charge is 0.0584 e. The van der Waals surface area contributed by atoms with Crippen molar-refractivity contribution in [2.45, 2.75) is 44.9 Å². The SMILES string of the molecule is N=CC(=N)CC(=N)C(=N)C1CCCCCC1. The zero-order valence-electron chi connectivity index (χ0n) is 9.60. The van der Waals surface area contributed by atoms with Crippen molar-refractivity contribution in [3.63, 3.8) is 0 Å². The first-order valence-electron chi connectivity index (χ1n) is 5.89. The highest BCUT2D eigenvalue weighted by Crippen LogP contribution is 2.24. The van der Waals surface area contributed by atoms with Crippen LogP contribution in [0.4, 0.5) is 0 Å². The zero-order chi connectivity index (χ0) is 12.0. The molecule has 1 aliphatic carbocycles. The van der Waals surface area contributed by atoms with Gasteiger partial charge in [0, 0.05) is 18.6 Å². The van der Waals surface area contributed by atoms with Crippen LogP contribution >= 0.6 is 0 Å². The Morgan fingerprint density at radius 1 is 1.00 bits per heavy atom. The van der Waals surface area contributed by atoms with Crippen LogP contribution < -0.4 is 0 Å². The van der Waals surface area contributed by atoms with Crippen LogP contribution in [-0.4, -0.2) is 23.3 Å². The van der Waals surface area contributed by atoms with Gasteiger partial charge >= 0.3 is 0 Å². The van der Waals surface area contributed by atoms with Crippen LogP contribution in [0.1, 0.15) is 44.9 Å². The summed E-state index contributed by atoms with van der Waals surface area (Å²) in [6.07, 6.45) is 7.91. The van der Waals surface area contributed by atoms with Gasteiger partial charge in [0.2, 0.25) is 0 Å². The van der Waals surface area contributed by atoms with Crippen molar-refractivity contribution in [1.82, 2.24) is 0 Å².